The molecule has 0 radical (unpaired) electrons. The van der Waals surface area contributed by atoms with Gasteiger partial charge in [-0.05, 0) is 43.9 Å². The summed E-state index contributed by atoms with van der Waals surface area (Å²) >= 11 is 5.98. The molecule has 1 aliphatic rings. The predicted octanol–water partition coefficient (Wildman–Crippen LogP) is 3.39. The summed E-state index contributed by atoms with van der Waals surface area (Å²) in [6, 6.07) is 5.87. The Balaban J connectivity index is 2.29. The minimum absolute atomic E-state index is 0.470. The molecule has 86 valence electrons. The Hall–Kier alpha value is -1.02. The second-order valence-electron chi connectivity index (χ2n) is 4.51. The lowest BCUT2D eigenvalue weighted by atomic mass is 10.1. The maximum absolute atomic E-state index is 11.0. The number of hydrogen-bond acceptors (Lipinski definition) is 2. The van der Waals surface area contributed by atoms with Crippen LogP contribution in [0.15, 0.2) is 18.2 Å². The lowest BCUT2D eigenvalue weighted by Gasteiger charge is -2.28. The molecule has 0 aliphatic heterocycles. The van der Waals surface area contributed by atoms with Gasteiger partial charge in [-0.2, -0.15) is 0 Å². The van der Waals surface area contributed by atoms with Crippen molar-refractivity contribution >= 4 is 23.6 Å². The smallest absolute Gasteiger partial charge is 0.152 e. The van der Waals surface area contributed by atoms with Gasteiger partial charge in [0, 0.05) is 29.4 Å². The highest BCUT2D eigenvalue weighted by Crippen LogP contribution is 2.37. The highest BCUT2D eigenvalue weighted by Gasteiger charge is 2.31. The first-order valence-corrected chi connectivity index (χ1v) is 5.99. The van der Waals surface area contributed by atoms with Gasteiger partial charge in [-0.1, -0.05) is 11.6 Å². The van der Waals surface area contributed by atoms with Crippen LogP contribution in [-0.2, 0) is 0 Å². The lowest BCUT2D eigenvalue weighted by molar-refractivity contribution is 0.112. The van der Waals surface area contributed by atoms with Gasteiger partial charge < -0.3 is 4.90 Å². The van der Waals surface area contributed by atoms with Crippen molar-refractivity contribution < 1.29 is 4.79 Å². The van der Waals surface area contributed by atoms with Crippen molar-refractivity contribution in [2.24, 2.45) is 5.92 Å². The van der Waals surface area contributed by atoms with Crippen molar-refractivity contribution in [3.8, 4) is 0 Å². The van der Waals surface area contributed by atoms with Gasteiger partial charge in [0.1, 0.15) is 0 Å². The Labute approximate surface area is 101 Å². The standard InChI is InChI=1S/C13H16ClNO/c1-9(10-3-4-10)15(2)13-7-12(14)6-5-11(13)8-16/h5-10H,3-4H2,1-2H3. The van der Waals surface area contributed by atoms with Crippen molar-refractivity contribution in [1.82, 2.24) is 0 Å². The predicted molar refractivity (Wildman–Crippen MR) is 67.4 cm³/mol. The Bertz CT molecular complexity index is 401. The Morgan fingerprint density at radius 2 is 2.19 bits per heavy atom. The highest BCUT2D eigenvalue weighted by molar-refractivity contribution is 6.31. The first-order chi connectivity index (χ1) is 7.63. The van der Waals surface area contributed by atoms with Crippen LogP contribution >= 0.6 is 11.6 Å². The van der Waals surface area contributed by atoms with Crippen molar-refractivity contribution in [1.29, 1.82) is 0 Å². The molecular formula is C13H16ClNO. The fourth-order valence-electron chi connectivity index (χ4n) is 2.04. The van der Waals surface area contributed by atoms with E-state index in [9.17, 15) is 4.79 Å². The van der Waals surface area contributed by atoms with Crippen molar-refractivity contribution in [2.45, 2.75) is 25.8 Å². The molecule has 16 heavy (non-hydrogen) atoms. The molecule has 1 aromatic rings. The fourth-order valence-corrected chi connectivity index (χ4v) is 2.20. The van der Waals surface area contributed by atoms with E-state index in [0.29, 0.717) is 16.6 Å². The monoisotopic (exact) mass is 237 g/mol. The molecular weight excluding hydrogens is 222 g/mol. The van der Waals surface area contributed by atoms with Crippen LogP contribution in [0.2, 0.25) is 5.02 Å². The summed E-state index contributed by atoms with van der Waals surface area (Å²) in [5, 5.41) is 0.676. The number of carbonyl (C=O) groups excluding carboxylic acids is 1. The SMILES string of the molecule is CC(C1CC1)N(C)c1cc(Cl)ccc1C=O. The van der Waals surface area contributed by atoms with Crippen LogP contribution in [0.5, 0.6) is 0 Å². The van der Waals surface area contributed by atoms with E-state index in [-0.39, 0.29) is 0 Å². The summed E-state index contributed by atoms with van der Waals surface area (Å²) in [5.74, 6) is 0.767. The summed E-state index contributed by atoms with van der Waals surface area (Å²) in [4.78, 5) is 13.1. The molecule has 1 aliphatic carbocycles. The molecule has 0 aromatic heterocycles. The molecule has 2 rings (SSSR count). The van der Waals surface area contributed by atoms with Crippen molar-refractivity contribution in [3.05, 3.63) is 28.8 Å². The molecule has 0 spiro atoms. The quantitative estimate of drug-likeness (QED) is 0.749. The topological polar surface area (TPSA) is 20.3 Å². The Kier molecular flexibility index (Phi) is 3.20. The molecule has 0 saturated heterocycles. The van der Waals surface area contributed by atoms with Crippen LogP contribution in [-0.4, -0.2) is 19.4 Å². The number of halogens is 1. The van der Waals surface area contributed by atoms with Crippen LogP contribution in [0.4, 0.5) is 5.69 Å². The van der Waals surface area contributed by atoms with E-state index in [0.717, 1.165) is 17.9 Å². The molecule has 0 N–H and O–H groups in total. The van der Waals surface area contributed by atoms with E-state index in [1.807, 2.05) is 13.1 Å². The number of aldehydes is 1. The summed E-state index contributed by atoms with van der Waals surface area (Å²) in [7, 11) is 2.03. The Morgan fingerprint density at radius 3 is 2.75 bits per heavy atom. The first-order valence-electron chi connectivity index (χ1n) is 5.61. The fraction of sp³-hybridized carbons (Fsp3) is 0.462. The molecule has 0 bridgehead atoms. The van der Waals surface area contributed by atoms with Gasteiger partial charge in [0.2, 0.25) is 0 Å². The van der Waals surface area contributed by atoms with Gasteiger partial charge in [-0.3, -0.25) is 4.79 Å². The van der Waals surface area contributed by atoms with Crippen LogP contribution in [0.1, 0.15) is 30.1 Å². The van der Waals surface area contributed by atoms with E-state index < -0.39 is 0 Å². The van der Waals surface area contributed by atoms with Gasteiger partial charge in [0.15, 0.2) is 6.29 Å². The zero-order valence-corrected chi connectivity index (χ0v) is 10.4. The normalized spacial score (nSPS) is 16.9. The number of anilines is 1. The van der Waals surface area contributed by atoms with E-state index >= 15 is 0 Å². The molecule has 0 heterocycles. The highest BCUT2D eigenvalue weighted by atomic mass is 35.5. The third-order valence-corrected chi connectivity index (χ3v) is 3.65. The number of hydrogen-bond donors (Lipinski definition) is 0. The van der Waals surface area contributed by atoms with Crippen LogP contribution in [0.25, 0.3) is 0 Å². The zero-order valence-electron chi connectivity index (χ0n) is 9.61. The van der Waals surface area contributed by atoms with Crippen LogP contribution in [0, 0.1) is 5.92 Å². The third kappa shape index (κ3) is 2.22. The summed E-state index contributed by atoms with van der Waals surface area (Å²) in [6.45, 7) is 2.20. The second-order valence-corrected chi connectivity index (χ2v) is 4.95. The molecule has 1 aromatic carbocycles. The van der Waals surface area contributed by atoms with Crippen molar-refractivity contribution in [2.75, 3.05) is 11.9 Å². The minimum Gasteiger partial charge on any atom is -0.371 e. The molecule has 1 unspecified atom stereocenters. The maximum Gasteiger partial charge on any atom is 0.152 e. The third-order valence-electron chi connectivity index (χ3n) is 3.41. The summed E-state index contributed by atoms with van der Waals surface area (Å²) in [6.07, 6.45) is 3.48. The number of rotatable bonds is 4. The van der Waals surface area contributed by atoms with Crippen LogP contribution < -0.4 is 4.90 Å². The number of benzene rings is 1. The van der Waals surface area contributed by atoms with E-state index in [4.69, 9.17) is 11.6 Å². The molecule has 1 fully saturated rings. The zero-order chi connectivity index (χ0) is 11.7. The summed E-state index contributed by atoms with van der Waals surface area (Å²) in [5.41, 5.74) is 1.64. The number of carbonyl (C=O) groups is 1. The maximum atomic E-state index is 11.0. The van der Waals surface area contributed by atoms with Crippen LogP contribution in [0.3, 0.4) is 0 Å². The molecule has 0 amide bonds. The lowest BCUT2D eigenvalue weighted by Crippen LogP contribution is -2.31. The van der Waals surface area contributed by atoms with E-state index in [2.05, 4.69) is 11.8 Å². The largest absolute Gasteiger partial charge is 0.371 e. The van der Waals surface area contributed by atoms with Crippen molar-refractivity contribution in [3.63, 3.8) is 0 Å². The van der Waals surface area contributed by atoms with Gasteiger partial charge in [-0.25, -0.2) is 0 Å². The molecule has 1 saturated carbocycles. The minimum atomic E-state index is 0.470. The first kappa shape index (κ1) is 11.5. The second kappa shape index (κ2) is 4.46. The average Bonchev–Trinajstić information content (AvgIpc) is 3.11. The van der Waals surface area contributed by atoms with Gasteiger partial charge in [-0.15, -0.1) is 0 Å². The summed E-state index contributed by atoms with van der Waals surface area (Å²) < 4.78 is 0. The molecule has 1 atom stereocenters. The van der Waals surface area contributed by atoms with Gasteiger partial charge in [0.25, 0.3) is 0 Å². The number of nitrogens with zero attached hydrogens (tertiary/aromatic N) is 1. The Morgan fingerprint density at radius 1 is 1.50 bits per heavy atom. The average molecular weight is 238 g/mol. The van der Waals surface area contributed by atoms with Gasteiger partial charge in [0.05, 0.1) is 0 Å². The van der Waals surface area contributed by atoms with E-state index in [1.54, 1.807) is 12.1 Å². The van der Waals surface area contributed by atoms with Gasteiger partial charge >= 0.3 is 0 Å². The molecule has 2 nitrogen and oxygen atoms in total. The molecule has 3 heteroatoms. The van der Waals surface area contributed by atoms with E-state index in [1.165, 1.54) is 12.8 Å².